The zero-order valence-corrected chi connectivity index (χ0v) is 8.65. The van der Waals surface area contributed by atoms with E-state index in [-0.39, 0.29) is 5.71 Å². The number of amides is 1. The van der Waals surface area contributed by atoms with Crippen molar-refractivity contribution in [3.05, 3.63) is 34.9 Å². The topological polar surface area (TPSA) is 49.7 Å². The second kappa shape index (κ2) is 3.47. The average Bonchev–Trinajstić information content (AvgIpc) is 2.47. The van der Waals surface area contributed by atoms with Gasteiger partial charge in [-0.15, -0.1) is 0 Å². The highest BCUT2D eigenvalue weighted by atomic mass is 35.5. The molecule has 0 unspecified atom stereocenters. The first kappa shape index (κ1) is 9.86. The van der Waals surface area contributed by atoms with Gasteiger partial charge in [0.05, 0.1) is 0 Å². The Kier molecular flexibility index (Phi) is 2.28. The van der Waals surface area contributed by atoms with Crippen molar-refractivity contribution in [3.63, 3.8) is 0 Å². The van der Waals surface area contributed by atoms with Crippen LogP contribution in [0.25, 0.3) is 0 Å². The summed E-state index contributed by atoms with van der Waals surface area (Å²) in [7, 11) is 1.45. The van der Waals surface area contributed by atoms with Gasteiger partial charge in [0.15, 0.2) is 0 Å². The molecule has 0 atom stereocenters. The molecule has 0 bridgehead atoms. The van der Waals surface area contributed by atoms with Gasteiger partial charge < -0.3 is 0 Å². The van der Waals surface area contributed by atoms with Gasteiger partial charge in [0.1, 0.15) is 5.71 Å². The molecule has 1 heterocycles. The van der Waals surface area contributed by atoms with Crippen LogP contribution in [0.1, 0.15) is 5.56 Å². The van der Waals surface area contributed by atoms with Gasteiger partial charge in [0.2, 0.25) is 0 Å². The number of rotatable bonds is 1. The van der Waals surface area contributed by atoms with E-state index in [4.69, 9.17) is 11.6 Å². The highest BCUT2D eigenvalue weighted by molar-refractivity contribution is 6.69. The van der Waals surface area contributed by atoms with E-state index in [0.29, 0.717) is 10.6 Å². The first-order valence-electron chi connectivity index (χ1n) is 4.26. The maximum absolute atomic E-state index is 11.4. The van der Waals surface area contributed by atoms with E-state index in [1.807, 2.05) is 0 Å². The van der Waals surface area contributed by atoms with Gasteiger partial charge >= 0.3 is 5.91 Å². The molecule has 0 spiro atoms. The minimum Gasteiger partial charge on any atom is -0.281 e. The van der Waals surface area contributed by atoms with Gasteiger partial charge in [0, 0.05) is 17.6 Å². The molecule has 0 aromatic heterocycles. The fourth-order valence-corrected chi connectivity index (χ4v) is 1.41. The fraction of sp³-hybridized carbons (Fsp3) is 0.100. The number of benzene rings is 1. The van der Waals surface area contributed by atoms with Crippen molar-refractivity contribution >= 4 is 29.0 Å². The highest BCUT2D eigenvalue weighted by Crippen LogP contribution is 2.14. The van der Waals surface area contributed by atoms with Crippen molar-refractivity contribution in [3.8, 4) is 0 Å². The number of carbonyl (C=O) groups excluding carboxylic acids is 2. The van der Waals surface area contributed by atoms with Crippen LogP contribution in [0, 0.1) is 0 Å². The first-order valence-corrected chi connectivity index (χ1v) is 4.64. The summed E-state index contributed by atoms with van der Waals surface area (Å²) in [6.45, 7) is 0. The lowest BCUT2D eigenvalue weighted by atomic mass is 10.1. The third-order valence-electron chi connectivity index (χ3n) is 2.07. The monoisotopic (exact) mass is 222 g/mol. The predicted molar refractivity (Wildman–Crippen MR) is 55.8 cm³/mol. The van der Waals surface area contributed by atoms with Crippen LogP contribution >= 0.6 is 11.6 Å². The predicted octanol–water partition coefficient (Wildman–Crippen LogP) is 1.09. The fourth-order valence-electron chi connectivity index (χ4n) is 1.29. The van der Waals surface area contributed by atoms with Crippen molar-refractivity contribution in [2.75, 3.05) is 7.05 Å². The normalized spacial score (nSPS) is 15.9. The number of hydrogen-bond acceptors (Lipinski definition) is 3. The highest BCUT2D eigenvalue weighted by Gasteiger charge is 2.32. The molecule has 1 amide bonds. The Balaban J connectivity index is 2.41. The number of nitrogens with zero attached hydrogens (tertiary/aromatic N) is 2. The molecule has 1 aromatic rings. The molecule has 1 aliphatic heterocycles. The summed E-state index contributed by atoms with van der Waals surface area (Å²) in [5.74, 6) is -1.19. The number of hydrazone groups is 1. The van der Waals surface area contributed by atoms with Crippen molar-refractivity contribution in [1.82, 2.24) is 5.01 Å². The number of ketones is 1. The summed E-state index contributed by atoms with van der Waals surface area (Å²) in [6, 6.07) is 6.61. The van der Waals surface area contributed by atoms with Gasteiger partial charge in [-0.1, -0.05) is 23.7 Å². The molecule has 0 fully saturated rings. The van der Waals surface area contributed by atoms with E-state index < -0.39 is 11.7 Å². The molecule has 76 valence electrons. The SMILES string of the molecule is CN1N=C(c2ccc(Cl)cc2)C(=O)C1=O. The largest absolute Gasteiger partial charge is 0.316 e. The number of Topliss-reactive ketones (excluding diaryl/α,β-unsaturated/α-hetero) is 1. The number of carbonyl (C=O) groups is 2. The Labute approximate surface area is 91.1 Å². The van der Waals surface area contributed by atoms with Crippen LogP contribution in [0.3, 0.4) is 0 Å². The third kappa shape index (κ3) is 1.64. The van der Waals surface area contributed by atoms with Crippen molar-refractivity contribution < 1.29 is 9.59 Å². The summed E-state index contributed by atoms with van der Waals surface area (Å²) in [5, 5.41) is 5.47. The quantitative estimate of drug-likeness (QED) is 0.668. The van der Waals surface area contributed by atoms with Gasteiger partial charge in [0.25, 0.3) is 5.78 Å². The first-order chi connectivity index (χ1) is 7.09. The van der Waals surface area contributed by atoms with E-state index >= 15 is 0 Å². The van der Waals surface area contributed by atoms with E-state index in [0.717, 1.165) is 5.01 Å². The summed E-state index contributed by atoms with van der Waals surface area (Å²) >= 11 is 5.71. The van der Waals surface area contributed by atoms with Gasteiger partial charge in [-0.3, -0.25) is 9.59 Å². The number of hydrogen-bond donors (Lipinski definition) is 0. The molecule has 1 aromatic carbocycles. The van der Waals surface area contributed by atoms with E-state index in [1.165, 1.54) is 7.05 Å². The molecule has 1 aliphatic rings. The maximum atomic E-state index is 11.4. The molecule has 0 radical (unpaired) electrons. The lowest BCUT2D eigenvalue weighted by molar-refractivity contribution is -0.138. The van der Waals surface area contributed by atoms with Crippen molar-refractivity contribution in [2.24, 2.45) is 5.10 Å². The van der Waals surface area contributed by atoms with Crippen LogP contribution < -0.4 is 0 Å². The lowest BCUT2D eigenvalue weighted by Gasteiger charge is -1.97. The molecule has 5 heteroatoms. The van der Waals surface area contributed by atoms with Crippen LogP contribution in [0.2, 0.25) is 5.02 Å². The molecule has 15 heavy (non-hydrogen) atoms. The van der Waals surface area contributed by atoms with E-state index in [2.05, 4.69) is 5.10 Å². The number of likely N-dealkylation sites (N-methyl/N-ethyl adjacent to an activating group) is 1. The Morgan fingerprint density at radius 3 is 2.27 bits per heavy atom. The summed E-state index contributed by atoms with van der Waals surface area (Å²) in [6.07, 6.45) is 0. The van der Waals surface area contributed by atoms with Crippen molar-refractivity contribution in [2.45, 2.75) is 0 Å². The Hall–Kier alpha value is -1.68. The minimum absolute atomic E-state index is 0.166. The molecule has 4 nitrogen and oxygen atoms in total. The smallest absolute Gasteiger partial charge is 0.281 e. The van der Waals surface area contributed by atoms with Crippen LogP contribution in [0.5, 0.6) is 0 Å². The molecule has 0 saturated carbocycles. The molecular weight excluding hydrogens is 216 g/mol. The van der Waals surface area contributed by atoms with Crippen LogP contribution in [0.4, 0.5) is 0 Å². The zero-order valence-electron chi connectivity index (χ0n) is 7.90. The molecular formula is C10H7ClN2O2. The summed E-state index contributed by atoms with van der Waals surface area (Å²) in [4.78, 5) is 22.6. The van der Waals surface area contributed by atoms with E-state index in [9.17, 15) is 9.59 Å². The lowest BCUT2D eigenvalue weighted by Crippen LogP contribution is -2.24. The molecule has 2 rings (SSSR count). The second-order valence-corrected chi connectivity index (χ2v) is 3.55. The third-order valence-corrected chi connectivity index (χ3v) is 2.32. The van der Waals surface area contributed by atoms with Gasteiger partial charge in [-0.05, 0) is 12.1 Å². The molecule has 0 N–H and O–H groups in total. The summed E-state index contributed by atoms with van der Waals surface area (Å²) < 4.78 is 0. The number of halogens is 1. The minimum atomic E-state index is -0.611. The molecule has 0 saturated heterocycles. The molecule has 0 aliphatic carbocycles. The van der Waals surface area contributed by atoms with Crippen LogP contribution in [0.15, 0.2) is 29.4 Å². The maximum Gasteiger partial charge on any atom is 0.316 e. The average molecular weight is 223 g/mol. The van der Waals surface area contributed by atoms with E-state index in [1.54, 1.807) is 24.3 Å². The van der Waals surface area contributed by atoms with Gasteiger partial charge in [-0.25, -0.2) is 5.01 Å². The Morgan fingerprint density at radius 1 is 1.20 bits per heavy atom. The van der Waals surface area contributed by atoms with Crippen LogP contribution in [-0.4, -0.2) is 29.5 Å². The Morgan fingerprint density at radius 2 is 1.80 bits per heavy atom. The second-order valence-electron chi connectivity index (χ2n) is 3.11. The van der Waals surface area contributed by atoms with Crippen molar-refractivity contribution in [1.29, 1.82) is 0 Å². The Bertz CT molecular complexity index is 465. The standard InChI is InChI=1S/C10H7ClN2O2/c1-13-10(15)9(14)8(12-13)6-2-4-7(11)5-3-6/h2-5H,1H3. The van der Waals surface area contributed by atoms with Gasteiger partial charge in [-0.2, -0.15) is 5.10 Å². The van der Waals surface area contributed by atoms with Crippen LogP contribution in [-0.2, 0) is 9.59 Å². The zero-order chi connectivity index (χ0) is 11.0. The summed E-state index contributed by atoms with van der Waals surface area (Å²) in [5.41, 5.74) is 0.765.